The van der Waals surface area contributed by atoms with Crippen molar-refractivity contribution in [2.45, 2.75) is 32.9 Å². The molecular formula is C26H25N9O2. The minimum atomic E-state index is 0.405. The van der Waals surface area contributed by atoms with Gasteiger partial charge in [-0.3, -0.25) is 4.68 Å². The number of rotatable bonds is 3. The Balaban J connectivity index is 1.21. The van der Waals surface area contributed by atoms with E-state index in [1.165, 1.54) is 0 Å². The molecule has 7 rings (SSSR count). The zero-order chi connectivity index (χ0) is 24.9. The van der Waals surface area contributed by atoms with Crippen LogP contribution in [0.25, 0.3) is 22.0 Å². The number of nitrogens with two attached hydrogens (primary N) is 1. The van der Waals surface area contributed by atoms with E-state index in [0.29, 0.717) is 48.7 Å². The van der Waals surface area contributed by atoms with Crippen LogP contribution in [0, 0.1) is 6.92 Å². The van der Waals surface area contributed by atoms with Crippen LogP contribution in [0.3, 0.4) is 0 Å². The lowest BCUT2D eigenvalue weighted by Gasteiger charge is -2.14. The number of aryl methyl sites for hydroxylation is 2. The SMILES string of the molecule is Cc1c(-c2cc3cc(Nc4cc5n(n4)Cc4nccn4CC5)ncc3c(N)n2)cnc2c1OCCCO2. The quantitative estimate of drug-likeness (QED) is 0.386. The maximum absolute atomic E-state index is 6.35. The van der Waals surface area contributed by atoms with Gasteiger partial charge in [-0.1, -0.05) is 0 Å². The van der Waals surface area contributed by atoms with Gasteiger partial charge < -0.3 is 25.1 Å². The van der Waals surface area contributed by atoms with Crippen molar-refractivity contribution in [1.82, 2.24) is 34.3 Å². The molecular weight excluding hydrogens is 470 g/mol. The summed E-state index contributed by atoms with van der Waals surface area (Å²) in [6, 6.07) is 6.02. The smallest absolute Gasteiger partial charge is 0.257 e. The molecule has 186 valence electrons. The molecule has 0 saturated heterocycles. The number of nitrogens with one attached hydrogen (secondary N) is 1. The molecule has 0 unspecified atom stereocenters. The predicted octanol–water partition coefficient (Wildman–Crippen LogP) is 3.48. The molecule has 2 aliphatic heterocycles. The molecule has 0 radical (unpaired) electrons. The molecule has 0 aliphatic carbocycles. The topological polar surface area (TPSA) is 131 Å². The number of ether oxygens (including phenoxy) is 2. The molecule has 0 atom stereocenters. The summed E-state index contributed by atoms with van der Waals surface area (Å²) in [4.78, 5) is 18.1. The second-order valence-corrected chi connectivity index (χ2v) is 9.26. The van der Waals surface area contributed by atoms with Gasteiger partial charge in [-0.05, 0) is 24.4 Å². The van der Waals surface area contributed by atoms with Crippen molar-refractivity contribution in [3.63, 3.8) is 0 Å². The highest BCUT2D eigenvalue weighted by Gasteiger charge is 2.20. The van der Waals surface area contributed by atoms with Crippen molar-refractivity contribution in [2.75, 3.05) is 24.3 Å². The first kappa shape index (κ1) is 21.6. The molecule has 3 N–H and O–H groups in total. The second kappa shape index (κ2) is 8.47. The molecule has 0 bridgehead atoms. The number of fused-ring (bicyclic) bond motifs is 4. The average molecular weight is 496 g/mol. The zero-order valence-electron chi connectivity index (χ0n) is 20.3. The van der Waals surface area contributed by atoms with E-state index in [9.17, 15) is 0 Å². The third-order valence-electron chi connectivity index (χ3n) is 6.87. The van der Waals surface area contributed by atoms with Gasteiger partial charge in [0.1, 0.15) is 17.5 Å². The predicted molar refractivity (Wildman–Crippen MR) is 138 cm³/mol. The number of hydrogen-bond donors (Lipinski definition) is 2. The Morgan fingerprint density at radius 2 is 1.95 bits per heavy atom. The standard InChI is InChI=1S/C26H25N9O2/c1-15-18(12-30-26-24(15)36-7-2-8-37-26)20-9-16-10-21(29-13-19(16)25(27)31-20)32-22-11-17-3-5-34-6-4-28-23(34)14-35(17)33-22/h4,6,9-13H,2-3,5,7-8,14H2,1H3,(H2,27,31)(H,29,32,33). The van der Waals surface area contributed by atoms with Gasteiger partial charge in [0.25, 0.3) is 5.88 Å². The number of nitrogens with zero attached hydrogens (tertiary/aromatic N) is 7. The fourth-order valence-electron chi connectivity index (χ4n) is 4.92. The summed E-state index contributed by atoms with van der Waals surface area (Å²) < 4.78 is 15.8. The molecule has 2 aliphatic rings. The molecule has 37 heavy (non-hydrogen) atoms. The van der Waals surface area contributed by atoms with E-state index in [-0.39, 0.29) is 0 Å². The molecule has 11 heteroatoms. The summed E-state index contributed by atoms with van der Waals surface area (Å²) in [5.74, 6) is 4.01. The van der Waals surface area contributed by atoms with Crippen LogP contribution in [0.15, 0.2) is 43.0 Å². The van der Waals surface area contributed by atoms with Gasteiger partial charge >= 0.3 is 0 Å². The van der Waals surface area contributed by atoms with Crippen LogP contribution in [0.4, 0.5) is 17.5 Å². The minimum Gasteiger partial charge on any atom is -0.488 e. The first-order chi connectivity index (χ1) is 18.1. The Morgan fingerprint density at radius 1 is 1.03 bits per heavy atom. The largest absolute Gasteiger partial charge is 0.488 e. The van der Waals surface area contributed by atoms with E-state index in [2.05, 4.69) is 35.9 Å². The summed E-state index contributed by atoms with van der Waals surface area (Å²) in [7, 11) is 0. The maximum Gasteiger partial charge on any atom is 0.257 e. The molecule has 0 amide bonds. The van der Waals surface area contributed by atoms with Crippen LogP contribution < -0.4 is 20.5 Å². The molecule has 0 aromatic carbocycles. The van der Waals surface area contributed by atoms with E-state index >= 15 is 0 Å². The van der Waals surface area contributed by atoms with Crippen LogP contribution in [-0.4, -0.2) is 47.5 Å². The third-order valence-corrected chi connectivity index (χ3v) is 6.87. The van der Waals surface area contributed by atoms with Crippen molar-refractivity contribution in [1.29, 1.82) is 0 Å². The van der Waals surface area contributed by atoms with Crippen molar-refractivity contribution in [3.8, 4) is 22.9 Å². The normalized spacial score (nSPS) is 14.5. The number of imidazole rings is 1. The first-order valence-electron chi connectivity index (χ1n) is 12.3. The van der Waals surface area contributed by atoms with Crippen LogP contribution in [0.2, 0.25) is 0 Å². The lowest BCUT2D eigenvalue weighted by Crippen LogP contribution is -2.06. The van der Waals surface area contributed by atoms with Crippen molar-refractivity contribution >= 4 is 28.2 Å². The van der Waals surface area contributed by atoms with Gasteiger partial charge in [-0.2, -0.15) is 5.10 Å². The van der Waals surface area contributed by atoms with Crippen LogP contribution in [0.5, 0.6) is 11.6 Å². The Bertz CT molecular complexity index is 1660. The first-order valence-corrected chi connectivity index (χ1v) is 12.3. The highest BCUT2D eigenvalue weighted by Crippen LogP contribution is 2.38. The van der Waals surface area contributed by atoms with Crippen molar-refractivity contribution in [2.24, 2.45) is 0 Å². The van der Waals surface area contributed by atoms with Gasteiger partial charge in [0.2, 0.25) is 0 Å². The van der Waals surface area contributed by atoms with Crippen LogP contribution in [-0.2, 0) is 19.5 Å². The van der Waals surface area contributed by atoms with Crippen LogP contribution >= 0.6 is 0 Å². The molecule has 0 fully saturated rings. The van der Waals surface area contributed by atoms with E-state index in [4.69, 9.17) is 20.3 Å². The van der Waals surface area contributed by atoms with E-state index in [1.807, 2.05) is 36.1 Å². The number of anilines is 3. The van der Waals surface area contributed by atoms with Gasteiger partial charge in [0.15, 0.2) is 11.6 Å². The maximum atomic E-state index is 6.35. The van der Waals surface area contributed by atoms with E-state index < -0.39 is 0 Å². The fraction of sp³-hybridized carbons (Fsp3) is 0.269. The number of aromatic nitrogens is 7. The van der Waals surface area contributed by atoms with E-state index in [1.54, 1.807) is 12.4 Å². The Labute approximate surface area is 212 Å². The van der Waals surface area contributed by atoms with Crippen LogP contribution in [0.1, 0.15) is 23.5 Å². The summed E-state index contributed by atoms with van der Waals surface area (Å²) in [5.41, 5.74) is 9.99. The van der Waals surface area contributed by atoms with Gasteiger partial charge in [0.05, 0.1) is 25.5 Å². The average Bonchev–Trinajstić information content (AvgIpc) is 3.35. The molecule has 0 spiro atoms. The Hall–Kier alpha value is -4.67. The summed E-state index contributed by atoms with van der Waals surface area (Å²) in [5, 5.41) is 9.79. The fourth-order valence-corrected chi connectivity index (χ4v) is 4.92. The molecule has 5 aromatic heterocycles. The molecule has 11 nitrogen and oxygen atoms in total. The number of hydrogen-bond acceptors (Lipinski definition) is 9. The Morgan fingerprint density at radius 3 is 2.89 bits per heavy atom. The number of nitrogen functional groups attached to an aromatic ring is 1. The molecule has 5 aromatic rings. The highest BCUT2D eigenvalue weighted by molar-refractivity contribution is 5.95. The van der Waals surface area contributed by atoms with Gasteiger partial charge in [-0.25, -0.2) is 19.9 Å². The Kier molecular flexibility index (Phi) is 4.95. The zero-order valence-corrected chi connectivity index (χ0v) is 20.3. The summed E-state index contributed by atoms with van der Waals surface area (Å²) in [6.07, 6.45) is 9.05. The van der Waals surface area contributed by atoms with E-state index in [0.717, 1.165) is 58.6 Å². The van der Waals surface area contributed by atoms with Crippen molar-refractivity contribution in [3.05, 3.63) is 60.1 Å². The third kappa shape index (κ3) is 3.79. The minimum absolute atomic E-state index is 0.405. The lowest BCUT2D eigenvalue weighted by molar-refractivity contribution is 0.293. The second-order valence-electron chi connectivity index (χ2n) is 9.26. The number of pyridine rings is 3. The van der Waals surface area contributed by atoms with Gasteiger partial charge in [0, 0.05) is 72.4 Å². The molecule has 7 heterocycles. The monoisotopic (exact) mass is 495 g/mol. The van der Waals surface area contributed by atoms with Crippen molar-refractivity contribution < 1.29 is 9.47 Å². The van der Waals surface area contributed by atoms with Gasteiger partial charge in [-0.15, -0.1) is 0 Å². The summed E-state index contributed by atoms with van der Waals surface area (Å²) >= 11 is 0. The lowest BCUT2D eigenvalue weighted by atomic mass is 10.0. The highest BCUT2D eigenvalue weighted by atomic mass is 16.5. The molecule has 0 saturated carbocycles. The summed E-state index contributed by atoms with van der Waals surface area (Å²) in [6.45, 7) is 4.70.